The highest BCUT2D eigenvalue weighted by molar-refractivity contribution is 6.22. The van der Waals surface area contributed by atoms with E-state index in [1.165, 1.54) is 12.0 Å². The Morgan fingerprint density at radius 1 is 0.882 bits per heavy atom. The molecule has 5 aliphatic rings. The zero-order chi connectivity index (χ0) is 23.4. The lowest BCUT2D eigenvalue weighted by atomic mass is 9.63. The van der Waals surface area contributed by atoms with E-state index in [1.807, 2.05) is 24.3 Å². The summed E-state index contributed by atoms with van der Waals surface area (Å²) >= 11 is 0. The molecule has 0 radical (unpaired) electrons. The van der Waals surface area contributed by atoms with E-state index in [4.69, 9.17) is 14.3 Å². The number of hydrogen-bond donors (Lipinski definition) is 0. The molecule has 2 aromatic carbocycles. The lowest BCUT2D eigenvalue weighted by molar-refractivity contribution is -0.124. The highest BCUT2D eigenvalue weighted by Crippen LogP contribution is 2.65. The molecule has 2 amide bonds. The van der Waals surface area contributed by atoms with Crippen molar-refractivity contribution in [2.45, 2.75) is 6.42 Å². The lowest BCUT2D eigenvalue weighted by Crippen LogP contribution is -2.40. The monoisotopic (exact) mass is 458 g/mol. The van der Waals surface area contributed by atoms with E-state index in [0.29, 0.717) is 29.0 Å². The van der Waals surface area contributed by atoms with Crippen LogP contribution in [0.1, 0.15) is 12.0 Å². The molecule has 1 heterocycles. The van der Waals surface area contributed by atoms with Crippen LogP contribution in [-0.4, -0.2) is 38.4 Å². The molecule has 7 heteroatoms. The molecule has 7 nitrogen and oxygen atoms in total. The molecule has 2 saturated carbocycles. The molecule has 0 N–H and O–H groups in total. The topological polar surface area (TPSA) is 77.4 Å². The van der Waals surface area contributed by atoms with Crippen LogP contribution < -0.4 is 14.4 Å². The van der Waals surface area contributed by atoms with E-state index < -0.39 is 0 Å². The van der Waals surface area contributed by atoms with E-state index in [9.17, 15) is 9.59 Å². The second-order valence-corrected chi connectivity index (χ2v) is 9.40. The van der Waals surface area contributed by atoms with Gasteiger partial charge in [-0.1, -0.05) is 17.3 Å². The Morgan fingerprint density at radius 3 is 2.03 bits per heavy atom. The summed E-state index contributed by atoms with van der Waals surface area (Å²) in [5.41, 5.74) is 2.09. The summed E-state index contributed by atoms with van der Waals surface area (Å²) in [5, 5.41) is 4.08. The fourth-order valence-corrected chi connectivity index (χ4v) is 6.11. The van der Waals surface area contributed by atoms with Gasteiger partial charge in [0.05, 0.1) is 24.6 Å². The van der Waals surface area contributed by atoms with Crippen LogP contribution in [0.2, 0.25) is 0 Å². The Balaban J connectivity index is 1.16. The SMILES string of the molecule is CO/N=C(/COc1ccc(N2C(=O)[C@@H]3[C@@H]4C=CC([C@H]5CC54)[C@@H]3C2=O)cc1)c1ccc(OC)cc1. The summed E-state index contributed by atoms with van der Waals surface area (Å²) in [6, 6.07) is 14.6. The van der Waals surface area contributed by atoms with Crippen LogP contribution in [0.5, 0.6) is 11.5 Å². The van der Waals surface area contributed by atoms with Gasteiger partial charge in [-0.3, -0.25) is 14.5 Å². The third-order valence-electron chi connectivity index (χ3n) is 7.76. The smallest absolute Gasteiger partial charge is 0.238 e. The summed E-state index contributed by atoms with van der Waals surface area (Å²) in [6.07, 6.45) is 5.54. The maximum atomic E-state index is 13.3. The third kappa shape index (κ3) is 3.22. The first kappa shape index (κ1) is 21.0. The third-order valence-corrected chi connectivity index (χ3v) is 7.76. The summed E-state index contributed by atoms with van der Waals surface area (Å²) in [4.78, 5) is 32.9. The molecular weight excluding hydrogens is 432 g/mol. The van der Waals surface area contributed by atoms with Crippen molar-refractivity contribution in [3.63, 3.8) is 0 Å². The van der Waals surface area contributed by atoms with Crippen molar-refractivity contribution < 1.29 is 23.9 Å². The Labute approximate surface area is 198 Å². The van der Waals surface area contributed by atoms with E-state index >= 15 is 0 Å². The number of benzene rings is 2. The number of oxime groups is 1. The fourth-order valence-electron chi connectivity index (χ4n) is 6.11. The predicted octanol–water partition coefficient (Wildman–Crippen LogP) is 3.68. The van der Waals surface area contributed by atoms with Gasteiger partial charge < -0.3 is 14.3 Å². The number of carbonyl (C=O) groups excluding carboxylic acids is 2. The van der Waals surface area contributed by atoms with Crippen molar-refractivity contribution in [1.82, 2.24) is 0 Å². The van der Waals surface area contributed by atoms with Crippen LogP contribution in [0.3, 0.4) is 0 Å². The van der Waals surface area contributed by atoms with Crippen LogP contribution in [0.15, 0.2) is 65.8 Å². The van der Waals surface area contributed by atoms with Crippen LogP contribution in [-0.2, 0) is 14.4 Å². The van der Waals surface area contributed by atoms with Crippen molar-refractivity contribution in [3.8, 4) is 11.5 Å². The molecular formula is C27H26N2O5. The van der Waals surface area contributed by atoms with Gasteiger partial charge in [0.1, 0.15) is 30.9 Å². The van der Waals surface area contributed by atoms with Gasteiger partial charge >= 0.3 is 0 Å². The number of allylic oxidation sites excluding steroid dienone is 2. The summed E-state index contributed by atoms with van der Waals surface area (Å²) in [7, 11) is 3.11. The Morgan fingerprint density at radius 2 is 1.47 bits per heavy atom. The molecule has 0 aromatic heterocycles. The second kappa shape index (κ2) is 8.01. The first-order chi connectivity index (χ1) is 16.6. The van der Waals surface area contributed by atoms with Crippen LogP contribution in [0.4, 0.5) is 5.69 Å². The number of amides is 2. The molecule has 6 atom stereocenters. The molecule has 1 aliphatic heterocycles. The number of imide groups is 1. The van der Waals surface area contributed by atoms with Gasteiger partial charge in [0, 0.05) is 5.56 Å². The summed E-state index contributed by atoms with van der Waals surface area (Å²) in [5.74, 6) is 2.50. The first-order valence-electron chi connectivity index (χ1n) is 11.6. The quantitative estimate of drug-likeness (QED) is 0.274. The minimum Gasteiger partial charge on any atom is -0.497 e. The van der Waals surface area contributed by atoms with Crippen molar-refractivity contribution in [2.24, 2.45) is 40.7 Å². The number of rotatable bonds is 7. The van der Waals surface area contributed by atoms with Gasteiger partial charge in [0.15, 0.2) is 0 Å². The highest BCUT2D eigenvalue weighted by atomic mass is 16.6. The number of ether oxygens (including phenoxy) is 2. The average Bonchev–Trinajstić information content (AvgIpc) is 3.65. The summed E-state index contributed by atoms with van der Waals surface area (Å²) in [6.45, 7) is 0.197. The summed E-state index contributed by atoms with van der Waals surface area (Å²) < 4.78 is 11.1. The highest BCUT2D eigenvalue weighted by Gasteiger charge is 2.67. The zero-order valence-electron chi connectivity index (χ0n) is 19.1. The zero-order valence-corrected chi connectivity index (χ0v) is 19.1. The van der Waals surface area contributed by atoms with Gasteiger partial charge in [0.25, 0.3) is 0 Å². The second-order valence-electron chi connectivity index (χ2n) is 9.40. The first-order valence-corrected chi connectivity index (χ1v) is 11.6. The van der Waals surface area contributed by atoms with Gasteiger partial charge in [-0.25, -0.2) is 0 Å². The average molecular weight is 459 g/mol. The minimum atomic E-state index is -0.195. The molecule has 1 saturated heterocycles. The van der Waals surface area contributed by atoms with Gasteiger partial charge in [-0.05, 0) is 78.6 Å². The number of nitrogens with zero attached hydrogens (tertiary/aromatic N) is 2. The molecule has 3 fully saturated rings. The number of carbonyl (C=O) groups is 2. The lowest BCUT2D eigenvalue weighted by Gasteiger charge is -2.37. The maximum Gasteiger partial charge on any atom is 0.238 e. The van der Waals surface area contributed by atoms with Gasteiger partial charge in [-0.2, -0.15) is 0 Å². The molecule has 2 aromatic rings. The van der Waals surface area contributed by atoms with Crippen molar-refractivity contribution in [1.29, 1.82) is 0 Å². The molecule has 174 valence electrons. The van der Waals surface area contributed by atoms with Crippen LogP contribution in [0.25, 0.3) is 0 Å². The van der Waals surface area contributed by atoms with E-state index in [2.05, 4.69) is 17.3 Å². The Bertz CT molecular complexity index is 1150. The van der Waals surface area contributed by atoms with Gasteiger partial charge in [0.2, 0.25) is 11.8 Å². The van der Waals surface area contributed by atoms with Crippen LogP contribution >= 0.6 is 0 Å². The Hall–Kier alpha value is -3.61. The van der Waals surface area contributed by atoms with Gasteiger partial charge in [-0.15, -0.1) is 0 Å². The number of hydrogen-bond acceptors (Lipinski definition) is 6. The molecule has 4 aliphatic carbocycles. The fraction of sp³-hybridized carbons (Fsp3) is 0.370. The normalized spacial score (nSPS) is 30.8. The largest absolute Gasteiger partial charge is 0.497 e. The van der Waals surface area contributed by atoms with Crippen LogP contribution in [0, 0.1) is 35.5 Å². The van der Waals surface area contributed by atoms with Crippen molar-refractivity contribution in [2.75, 3.05) is 25.7 Å². The van der Waals surface area contributed by atoms with Crippen molar-refractivity contribution >= 4 is 23.2 Å². The molecule has 2 bridgehead atoms. The molecule has 34 heavy (non-hydrogen) atoms. The van der Waals surface area contributed by atoms with Crippen molar-refractivity contribution in [3.05, 3.63) is 66.2 Å². The molecule has 7 rings (SSSR count). The molecule has 2 unspecified atom stereocenters. The van der Waals surface area contributed by atoms with E-state index in [-0.39, 0.29) is 42.1 Å². The number of methoxy groups -OCH3 is 1. The van der Waals surface area contributed by atoms with E-state index in [1.54, 1.807) is 31.4 Å². The van der Waals surface area contributed by atoms with E-state index in [0.717, 1.165) is 17.7 Å². The molecule has 0 spiro atoms. The predicted molar refractivity (Wildman–Crippen MR) is 126 cm³/mol. The maximum absolute atomic E-state index is 13.3. The standard InChI is InChI=1S/C27H26N2O5/c1-32-17-7-3-15(4-8-17)23(28-33-2)14-34-18-9-5-16(6-10-18)29-26(30)24-19-11-12-20(22-13-21(19)22)25(24)27(29)31/h3-12,19-22,24-25H,13-14H2,1-2H3/b28-23-/t19-,20?,21?,22-,24-,25+/m1/s1. The minimum absolute atomic E-state index is 0.0533. The Kier molecular flexibility index (Phi) is 4.94. The number of anilines is 1.